The van der Waals surface area contributed by atoms with Crippen molar-refractivity contribution in [1.29, 1.82) is 0 Å². The topological polar surface area (TPSA) is 108 Å². The molecular weight excluding hydrogens is 540 g/mol. The van der Waals surface area contributed by atoms with Gasteiger partial charge in [0.05, 0.1) is 18.5 Å². The first-order chi connectivity index (χ1) is 19.7. The van der Waals surface area contributed by atoms with Gasteiger partial charge in [-0.3, -0.25) is 4.79 Å². The number of nitrogens with one attached hydrogen (secondary N) is 1. The molecule has 10 nitrogen and oxygen atoms in total. The predicted molar refractivity (Wildman–Crippen MR) is 160 cm³/mol. The predicted octanol–water partition coefficient (Wildman–Crippen LogP) is 3.23. The first kappa shape index (κ1) is 30.1. The highest BCUT2D eigenvalue weighted by molar-refractivity contribution is 7.88. The molecule has 226 valence electrons. The zero-order valence-electron chi connectivity index (χ0n) is 24.7. The first-order valence-electron chi connectivity index (χ1n) is 15.2. The van der Waals surface area contributed by atoms with Crippen LogP contribution in [-0.2, 0) is 14.8 Å². The second-order valence-corrected chi connectivity index (χ2v) is 14.1. The van der Waals surface area contributed by atoms with Crippen molar-refractivity contribution >= 4 is 21.7 Å². The third kappa shape index (κ3) is 7.36. The summed E-state index contributed by atoms with van der Waals surface area (Å²) >= 11 is 0. The number of piperidine rings is 2. The summed E-state index contributed by atoms with van der Waals surface area (Å²) in [5.74, 6) is 1.11. The van der Waals surface area contributed by atoms with Crippen LogP contribution in [0, 0.1) is 12.8 Å². The lowest BCUT2D eigenvalue weighted by Gasteiger charge is -2.43. The molecule has 4 heterocycles. The van der Waals surface area contributed by atoms with Crippen molar-refractivity contribution in [3.8, 4) is 0 Å². The van der Waals surface area contributed by atoms with Crippen LogP contribution in [-0.4, -0.2) is 109 Å². The highest BCUT2D eigenvalue weighted by Gasteiger charge is 2.33. The van der Waals surface area contributed by atoms with Crippen LogP contribution in [0.4, 0.5) is 5.82 Å². The second-order valence-electron chi connectivity index (χ2n) is 12.1. The number of hydrogen-bond acceptors (Lipinski definition) is 8. The third-order valence-corrected chi connectivity index (χ3v) is 10.8. The molecule has 1 aromatic heterocycles. The minimum Gasteiger partial charge on any atom is -0.373 e. The number of likely N-dealkylation sites (tertiary alicyclic amines) is 2. The maximum Gasteiger partial charge on any atom is 0.272 e. The maximum atomic E-state index is 13.5. The molecule has 1 aliphatic carbocycles. The fourth-order valence-corrected chi connectivity index (χ4v) is 7.55. The lowest BCUT2D eigenvalue weighted by Crippen LogP contribution is -2.52. The van der Waals surface area contributed by atoms with Crippen molar-refractivity contribution < 1.29 is 17.9 Å². The fraction of sp³-hybridized carbons (Fsp3) is 0.700. The Morgan fingerprint density at radius 3 is 2.51 bits per heavy atom. The monoisotopic (exact) mass is 586 g/mol. The van der Waals surface area contributed by atoms with Crippen LogP contribution in [0.1, 0.15) is 67.4 Å². The van der Waals surface area contributed by atoms with Crippen molar-refractivity contribution in [2.45, 2.75) is 82.6 Å². The van der Waals surface area contributed by atoms with Crippen molar-refractivity contribution in [1.82, 2.24) is 24.1 Å². The highest BCUT2D eigenvalue weighted by Crippen LogP contribution is 2.30. The van der Waals surface area contributed by atoms with Crippen molar-refractivity contribution in [2.24, 2.45) is 5.92 Å². The molecule has 1 aromatic rings. The number of rotatable bonds is 8. The van der Waals surface area contributed by atoms with E-state index in [2.05, 4.69) is 44.5 Å². The average molecular weight is 587 g/mol. The molecule has 1 N–H and O–H groups in total. The second kappa shape index (κ2) is 13.3. The number of aromatic nitrogens is 2. The highest BCUT2D eigenvalue weighted by atomic mass is 32.2. The molecule has 0 aromatic carbocycles. The summed E-state index contributed by atoms with van der Waals surface area (Å²) in [7, 11) is -1.48. The number of sulfonamides is 1. The Labute approximate surface area is 245 Å². The number of anilines is 1. The van der Waals surface area contributed by atoms with Gasteiger partial charge in [0.2, 0.25) is 10.0 Å². The molecule has 0 spiro atoms. The van der Waals surface area contributed by atoms with Gasteiger partial charge in [0, 0.05) is 50.2 Å². The molecule has 0 saturated carbocycles. The van der Waals surface area contributed by atoms with Gasteiger partial charge in [-0.1, -0.05) is 24.3 Å². The molecule has 3 fully saturated rings. The molecule has 5 rings (SSSR count). The van der Waals surface area contributed by atoms with Gasteiger partial charge in [-0.25, -0.2) is 22.7 Å². The van der Waals surface area contributed by atoms with Gasteiger partial charge in [0.15, 0.2) is 0 Å². The van der Waals surface area contributed by atoms with Crippen molar-refractivity contribution in [2.75, 3.05) is 51.3 Å². The van der Waals surface area contributed by atoms with Crippen LogP contribution in [0.3, 0.4) is 0 Å². The minimum absolute atomic E-state index is 0.0361. The smallest absolute Gasteiger partial charge is 0.272 e. The molecule has 0 radical (unpaired) electrons. The standard InChI is InChI=1S/C30H46N6O4S/c1-22-28(32-21-33-29(22)31-20-26-10-7-11-27(40-26)23-8-5-4-6-9-23)30(37)36-18-14-25(15-19-36)35-16-12-24(13-17-35)34(2)41(3,38)39/h4-6,8,21,23-27H,7,9-20H2,1-3H3,(H,31,32,33)/t23?,26-,27+/m1/s1. The van der Waals surface area contributed by atoms with Crippen LogP contribution in [0.15, 0.2) is 30.6 Å². The summed E-state index contributed by atoms with van der Waals surface area (Å²) in [5.41, 5.74) is 1.25. The van der Waals surface area contributed by atoms with Crippen LogP contribution in [0.5, 0.6) is 0 Å². The summed E-state index contributed by atoms with van der Waals surface area (Å²) in [6.45, 7) is 5.76. The van der Waals surface area contributed by atoms with Gasteiger partial charge in [-0.05, 0) is 71.4 Å². The molecular formula is C30H46N6O4S. The molecule has 3 saturated heterocycles. The molecule has 3 atom stereocenters. The molecule has 0 bridgehead atoms. The zero-order valence-corrected chi connectivity index (χ0v) is 25.6. The zero-order chi connectivity index (χ0) is 29.0. The third-order valence-electron chi connectivity index (χ3n) is 9.46. The number of nitrogens with zero attached hydrogens (tertiary/aromatic N) is 5. The summed E-state index contributed by atoms with van der Waals surface area (Å²) in [6, 6.07) is 0.496. The van der Waals surface area contributed by atoms with Crippen LogP contribution >= 0.6 is 0 Å². The van der Waals surface area contributed by atoms with E-state index in [0.29, 0.717) is 43.1 Å². The lowest BCUT2D eigenvalue weighted by atomic mass is 9.89. The summed E-state index contributed by atoms with van der Waals surface area (Å²) in [6.07, 6.45) is 19.7. The molecule has 11 heteroatoms. The van der Waals surface area contributed by atoms with Crippen molar-refractivity contribution in [3.63, 3.8) is 0 Å². The fourth-order valence-electron chi connectivity index (χ4n) is 6.79. The Balaban J connectivity index is 1.10. The maximum absolute atomic E-state index is 13.5. The number of carbonyl (C=O) groups is 1. The van der Waals surface area contributed by atoms with Crippen LogP contribution in [0.25, 0.3) is 0 Å². The lowest BCUT2D eigenvalue weighted by molar-refractivity contribution is -0.0615. The van der Waals surface area contributed by atoms with E-state index in [0.717, 1.165) is 70.0 Å². The van der Waals surface area contributed by atoms with E-state index in [4.69, 9.17) is 4.74 Å². The Hall–Kier alpha value is -2.34. The van der Waals surface area contributed by atoms with Crippen LogP contribution < -0.4 is 5.32 Å². The van der Waals surface area contributed by atoms with Gasteiger partial charge in [0.1, 0.15) is 17.8 Å². The van der Waals surface area contributed by atoms with Gasteiger partial charge in [-0.15, -0.1) is 0 Å². The van der Waals surface area contributed by atoms with Gasteiger partial charge >= 0.3 is 0 Å². The van der Waals surface area contributed by atoms with E-state index in [1.807, 2.05) is 11.8 Å². The quantitative estimate of drug-likeness (QED) is 0.495. The van der Waals surface area contributed by atoms with E-state index < -0.39 is 10.0 Å². The minimum atomic E-state index is -3.17. The van der Waals surface area contributed by atoms with E-state index in [-0.39, 0.29) is 24.2 Å². The van der Waals surface area contributed by atoms with E-state index in [1.165, 1.54) is 16.9 Å². The number of allylic oxidation sites excluding steroid dienone is 3. The van der Waals surface area contributed by atoms with E-state index in [9.17, 15) is 13.2 Å². The number of carbonyl (C=O) groups excluding carboxylic acids is 1. The average Bonchev–Trinajstić information content (AvgIpc) is 3.00. The number of hydrogen-bond donors (Lipinski definition) is 1. The van der Waals surface area contributed by atoms with Gasteiger partial charge in [-0.2, -0.15) is 0 Å². The van der Waals surface area contributed by atoms with Crippen molar-refractivity contribution in [3.05, 3.63) is 41.9 Å². The summed E-state index contributed by atoms with van der Waals surface area (Å²) < 4.78 is 31.8. The van der Waals surface area contributed by atoms with Gasteiger partial charge in [0.25, 0.3) is 5.91 Å². The summed E-state index contributed by atoms with van der Waals surface area (Å²) in [4.78, 5) is 26.7. The molecule has 41 heavy (non-hydrogen) atoms. The number of ether oxygens (including phenoxy) is 1. The number of amides is 1. The Morgan fingerprint density at radius 1 is 1.07 bits per heavy atom. The molecule has 1 unspecified atom stereocenters. The Bertz CT molecular complexity index is 1220. The normalized spacial score (nSPS) is 26.9. The Morgan fingerprint density at radius 2 is 1.83 bits per heavy atom. The van der Waals surface area contributed by atoms with Gasteiger partial charge < -0.3 is 19.9 Å². The molecule has 1 amide bonds. The van der Waals surface area contributed by atoms with E-state index >= 15 is 0 Å². The van der Waals surface area contributed by atoms with E-state index in [1.54, 1.807) is 7.05 Å². The van der Waals surface area contributed by atoms with Crippen LogP contribution in [0.2, 0.25) is 0 Å². The summed E-state index contributed by atoms with van der Waals surface area (Å²) in [5, 5.41) is 3.45. The molecule has 3 aliphatic heterocycles. The molecule has 4 aliphatic rings. The first-order valence-corrected chi connectivity index (χ1v) is 17.1. The SMILES string of the molecule is Cc1c(NC[C@H]2CCC[C@@H](C3C=CC=CC3)O2)ncnc1C(=O)N1CCC(N2CCC(N(C)S(C)(=O)=O)CC2)CC1. The largest absolute Gasteiger partial charge is 0.373 e. The Kier molecular flexibility index (Phi) is 9.78.